The number of benzene rings is 2. The molecule has 0 fully saturated rings. The predicted molar refractivity (Wildman–Crippen MR) is 82.7 cm³/mol. The molecule has 21 heavy (non-hydrogen) atoms. The molecular weight excluding hydrogens is 262 g/mol. The highest BCUT2D eigenvalue weighted by atomic mass is 16.1. The monoisotopic (exact) mass is 279 g/mol. The van der Waals surface area contributed by atoms with E-state index in [1.165, 1.54) is 11.1 Å². The van der Waals surface area contributed by atoms with Gasteiger partial charge in [-0.2, -0.15) is 5.26 Å². The van der Waals surface area contributed by atoms with Crippen LogP contribution in [0.4, 0.5) is 5.69 Å². The van der Waals surface area contributed by atoms with Crippen LogP contribution in [0.2, 0.25) is 0 Å². The zero-order chi connectivity index (χ0) is 15.1. The van der Waals surface area contributed by atoms with Crippen molar-refractivity contribution in [1.29, 1.82) is 5.26 Å². The summed E-state index contributed by atoms with van der Waals surface area (Å²) in [7, 11) is 0. The van der Waals surface area contributed by atoms with E-state index < -0.39 is 0 Å². The van der Waals surface area contributed by atoms with Crippen LogP contribution in [-0.2, 0) is 11.3 Å². The predicted octanol–water partition coefficient (Wildman–Crippen LogP) is 2.60. The Bertz CT molecular complexity index is 674. The number of anilines is 1. The number of amides is 1. The van der Waals surface area contributed by atoms with Crippen molar-refractivity contribution in [3.05, 3.63) is 65.2 Å². The van der Waals surface area contributed by atoms with Crippen LogP contribution in [0.3, 0.4) is 0 Å². The fraction of sp³-hybridized carbons (Fsp3) is 0.176. The van der Waals surface area contributed by atoms with Gasteiger partial charge in [-0.15, -0.1) is 0 Å². The SMILES string of the molecule is Cc1ccccc1CNCC(=O)Nc1cccc(C#N)c1. The van der Waals surface area contributed by atoms with Gasteiger partial charge >= 0.3 is 0 Å². The normalized spacial score (nSPS) is 9.90. The number of carbonyl (C=O) groups is 1. The molecule has 0 aliphatic carbocycles. The van der Waals surface area contributed by atoms with Crippen molar-refractivity contribution in [2.45, 2.75) is 13.5 Å². The molecule has 0 aromatic heterocycles. The maximum absolute atomic E-state index is 11.8. The number of hydrogen-bond donors (Lipinski definition) is 2. The summed E-state index contributed by atoms with van der Waals surface area (Å²) >= 11 is 0. The molecule has 0 aliphatic heterocycles. The highest BCUT2D eigenvalue weighted by Crippen LogP contribution is 2.09. The topological polar surface area (TPSA) is 64.9 Å². The van der Waals surface area contributed by atoms with Crippen molar-refractivity contribution in [2.24, 2.45) is 0 Å². The van der Waals surface area contributed by atoms with Crippen molar-refractivity contribution in [3.63, 3.8) is 0 Å². The lowest BCUT2D eigenvalue weighted by molar-refractivity contribution is -0.115. The Kier molecular flexibility index (Phi) is 5.08. The molecule has 0 spiro atoms. The summed E-state index contributed by atoms with van der Waals surface area (Å²) in [6.45, 7) is 2.92. The molecule has 0 saturated carbocycles. The lowest BCUT2D eigenvalue weighted by atomic mass is 10.1. The van der Waals surface area contributed by atoms with Crippen LogP contribution in [0.15, 0.2) is 48.5 Å². The summed E-state index contributed by atoms with van der Waals surface area (Å²) in [6.07, 6.45) is 0. The van der Waals surface area contributed by atoms with Gasteiger partial charge in [0, 0.05) is 12.2 Å². The molecule has 0 atom stereocenters. The fourth-order valence-corrected chi connectivity index (χ4v) is 1.99. The summed E-state index contributed by atoms with van der Waals surface area (Å²) < 4.78 is 0. The van der Waals surface area contributed by atoms with E-state index in [2.05, 4.69) is 10.6 Å². The van der Waals surface area contributed by atoms with E-state index in [1.54, 1.807) is 24.3 Å². The van der Waals surface area contributed by atoms with Crippen molar-refractivity contribution in [1.82, 2.24) is 5.32 Å². The summed E-state index contributed by atoms with van der Waals surface area (Å²) in [5, 5.41) is 14.7. The maximum Gasteiger partial charge on any atom is 0.238 e. The molecule has 106 valence electrons. The first kappa shape index (κ1) is 14.8. The van der Waals surface area contributed by atoms with Crippen molar-refractivity contribution >= 4 is 11.6 Å². The molecule has 0 bridgehead atoms. The molecule has 0 heterocycles. The van der Waals surface area contributed by atoms with Gasteiger partial charge < -0.3 is 10.6 Å². The van der Waals surface area contributed by atoms with Gasteiger partial charge in [0.1, 0.15) is 0 Å². The Hall–Kier alpha value is -2.64. The van der Waals surface area contributed by atoms with Crippen LogP contribution >= 0.6 is 0 Å². The Morgan fingerprint density at radius 1 is 1.19 bits per heavy atom. The van der Waals surface area contributed by atoms with Gasteiger partial charge in [-0.25, -0.2) is 0 Å². The first-order valence-electron chi connectivity index (χ1n) is 6.74. The molecule has 4 heteroatoms. The van der Waals surface area contributed by atoms with Crippen LogP contribution < -0.4 is 10.6 Å². The minimum Gasteiger partial charge on any atom is -0.325 e. The van der Waals surface area contributed by atoms with Crippen molar-refractivity contribution < 1.29 is 4.79 Å². The molecule has 0 unspecified atom stereocenters. The molecule has 2 aromatic carbocycles. The fourth-order valence-electron chi connectivity index (χ4n) is 1.99. The zero-order valence-corrected chi connectivity index (χ0v) is 11.9. The second-order valence-corrected chi connectivity index (χ2v) is 4.77. The van der Waals surface area contributed by atoms with E-state index in [0.29, 0.717) is 17.8 Å². The maximum atomic E-state index is 11.8. The average Bonchev–Trinajstić information content (AvgIpc) is 2.49. The van der Waals surface area contributed by atoms with Gasteiger partial charge in [-0.3, -0.25) is 4.79 Å². The smallest absolute Gasteiger partial charge is 0.238 e. The summed E-state index contributed by atoms with van der Waals surface area (Å²) in [6, 6.07) is 17.0. The molecule has 0 radical (unpaired) electrons. The lowest BCUT2D eigenvalue weighted by Gasteiger charge is -2.08. The highest BCUT2D eigenvalue weighted by Gasteiger charge is 2.03. The second-order valence-electron chi connectivity index (χ2n) is 4.77. The van der Waals surface area contributed by atoms with Gasteiger partial charge in [0.05, 0.1) is 18.2 Å². The van der Waals surface area contributed by atoms with Gasteiger partial charge in [-0.1, -0.05) is 30.3 Å². The van der Waals surface area contributed by atoms with E-state index in [9.17, 15) is 4.79 Å². The largest absolute Gasteiger partial charge is 0.325 e. The van der Waals surface area contributed by atoms with E-state index >= 15 is 0 Å². The molecule has 4 nitrogen and oxygen atoms in total. The summed E-state index contributed by atoms with van der Waals surface area (Å²) in [5.41, 5.74) is 3.54. The Balaban J connectivity index is 1.83. The van der Waals surface area contributed by atoms with Crippen molar-refractivity contribution in [3.8, 4) is 6.07 Å². The van der Waals surface area contributed by atoms with Gasteiger partial charge in [0.2, 0.25) is 5.91 Å². The number of nitrogens with zero attached hydrogens (tertiary/aromatic N) is 1. The van der Waals surface area contributed by atoms with E-state index in [1.807, 2.05) is 37.3 Å². The third-order valence-electron chi connectivity index (χ3n) is 3.14. The Labute approximate surface area is 124 Å². The second kappa shape index (κ2) is 7.22. The number of carbonyl (C=O) groups excluding carboxylic acids is 1. The Morgan fingerprint density at radius 3 is 2.76 bits per heavy atom. The lowest BCUT2D eigenvalue weighted by Crippen LogP contribution is -2.27. The highest BCUT2D eigenvalue weighted by molar-refractivity contribution is 5.92. The summed E-state index contributed by atoms with van der Waals surface area (Å²) in [5.74, 6) is -0.126. The van der Waals surface area contributed by atoms with Gasteiger partial charge in [0.25, 0.3) is 0 Å². The molecule has 2 N–H and O–H groups in total. The number of aryl methyl sites for hydroxylation is 1. The minimum atomic E-state index is -0.126. The molecule has 2 aromatic rings. The summed E-state index contributed by atoms with van der Waals surface area (Å²) in [4.78, 5) is 11.8. The standard InChI is InChI=1S/C17H17N3O/c1-13-5-2-3-7-15(13)11-19-12-17(21)20-16-8-4-6-14(9-16)10-18/h2-9,19H,11-12H2,1H3,(H,20,21). The quantitative estimate of drug-likeness (QED) is 0.884. The number of nitrogens with one attached hydrogen (secondary N) is 2. The molecule has 1 amide bonds. The van der Waals surface area contributed by atoms with E-state index in [-0.39, 0.29) is 12.5 Å². The third kappa shape index (κ3) is 4.44. The molecule has 0 aliphatic rings. The first-order valence-corrected chi connectivity index (χ1v) is 6.74. The van der Waals surface area contributed by atoms with Gasteiger partial charge in [0.15, 0.2) is 0 Å². The number of nitriles is 1. The first-order chi connectivity index (χ1) is 10.2. The average molecular weight is 279 g/mol. The minimum absolute atomic E-state index is 0.126. The number of rotatable bonds is 5. The van der Waals surface area contributed by atoms with Gasteiger partial charge in [-0.05, 0) is 36.2 Å². The van der Waals surface area contributed by atoms with Crippen LogP contribution in [0, 0.1) is 18.3 Å². The number of hydrogen-bond acceptors (Lipinski definition) is 3. The Morgan fingerprint density at radius 2 is 2.00 bits per heavy atom. The van der Waals surface area contributed by atoms with Crippen LogP contribution in [0.25, 0.3) is 0 Å². The van der Waals surface area contributed by atoms with Crippen LogP contribution in [-0.4, -0.2) is 12.5 Å². The van der Waals surface area contributed by atoms with Crippen LogP contribution in [0.1, 0.15) is 16.7 Å². The van der Waals surface area contributed by atoms with Crippen molar-refractivity contribution in [2.75, 3.05) is 11.9 Å². The molecule has 0 saturated heterocycles. The third-order valence-corrected chi connectivity index (χ3v) is 3.14. The van der Waals surface area contributed by atoms with Crippen LogP contribution in [0.5, 0.6) is 0 Å². The zero-order valence-electron chi connectivity index (χ0n) is 11.9. The molecule has 2 rings (SSSR count). The van der Waals surface area contributed by atoms with E-state index in [4.69, 9.17) is 5.26 Å². The molecular formula is C17H17N3O. The van der Waals surface area contributed by atoms with E-state index in [0.717, 1.165) is 0 Å².